The van der Waals surface area contributed by atoms with Crippen LogP contribution in [0.2, 0.25) is 0 Å². The molecule has 3 rings (SSSR count). The van der Waals surface area contributed by atoms with Gasteiger partial charge >= 0.3 is 16.1 Å². The highest BCUT2D eigenvalue weighted by atomic mass is 32.2. The number of sulfonamides is 1. The molecule has 0 aliphatic rings. The van der Waals surface area contributed by atoms with Gasteiger partial charge in [0.25, 0.3) is 0 Å². The van der Waals surface area contributed by atoms with Crippen LogP contribution in [0.3, 0.4) is 0 Å². The van der Waals surface area contributed by atoms with Crippen molar-refractivity contribution < 1.29 is 22.7 Å². The van der Waals surface area contributed by atoms with E-state index >= 15 is 0 Å². The van der Waals surface area contributed by atoms with Crippen molar-refractivity contribution in [2.45, 2.75) is 31.4 Å². The summed E-state index contributed by atoms with van der Waals surface area (Å²) >= 11 is 0. The van der Waals surface area contributed by atoms with E-state index in [0.29, 0.717) is 23.7 Å². The SMILES string of the molecule is CC(C)Oc1ccccc1[NH2+]S(=O)(=O)c1ccc(NC(=O)NCc2ccccc2)cc1. The zero-order valence-corrected chi connectivity index (χ0v) is 18.2. The van der Waals surface area contributed by atoms with Gasteiger partial charge in [-0.2, -0.15) is 8.42 Å². The molecule has 3 aromatic rings. The molecule has 4 N–H and O–H groups in total. The molecule has 0 bridgehead atoms. The third-order valence-electron chi connectivity index (χ3n) is 4.30. The van der Waals surface area contributed by atoms with E-state index < -0.39 is 10.0 Å². The summed E-state index contributed by atoms with van der Waals surface area (Å²) in [5, 5.41) is 5.45. The number of carbonyl (C=O) groups is 1. The lowest BCUT2D eigenvalue weighted by Crippen LogP contribution is -2.81. The first-order valence-corrected chi connectivity index (χ1v) is 11.4. The van der Waals surface area contributed by atoms with Crippen molar-refractivity contribution in [2.24, 2.45) is 0 Å². The number of amides is 2. The molecular formula is C23H26N3O4S+. The maximum Gasteiger partial charge on any atom is 0.328 e. The number of anilines is 1. The van der Waals surface area contributed by atoms with Gasteiger partial charge in [-0.3, -0.25) is 0 Å². The molecule has 7 nitrogen and oxygen atoms in total. The summed E-state index contributed by atoms with van der Waals surface area (Å²) in [6, 6.07) is 22.2. The van der Waals surface area contributed by atoms with Crippen LogP contribution < -0.4 is 20.1 Å². The maximum atomic E-state index is 12.8. The van der Waals surface area contributed by atoms with E-state index in [1.165, 1.54) is 16.9 Å². The number of rotatable bonds is 8. The van der Waals surface area contributed by atoms with E-state index in [1.54, 1.807) is 36.4 Å². The average molecular weight is 441 g/mol. The Labute approximate surface area is 182 Å². The van der Waals surface area contributed by atoms with Gasteiger partial charge in [0.2, 0.25) is 0 Å². The quantitative estimate of drug-likeness (QED) is 0.468. The van der Waals surface area contributed by atoms with E-state index in [0.717, 1.165) is 5.56 Å². The Bertz CT molecular complexity index is 1120. The van der Waals surface area contributed by atoms with Crippen molar-refractivity contribution in [3.63, 3.8) is 0 Å². The standard InChI is InChI=1S/C23H25N3O4S/c1-17(2)30-22-11-7-6-10-21(22)26-31(28,29)20-14-12-19(13-15-20)25-23(27)24-16-18-8-4-3-5-9-18/h3-15,17,26H,16H2,1-2H3,(H2,24,25,27)/p+1. The highest BCUT2D eigenvalue weighted by molar-refractivity contribution is 7.85. The second-order valence-electron chi connectivity index (χ2n) is 7.18. The minimum Gasteiger partial charge on any atom is -0.485 e. The molecular weight excluding hydrogens is 414 g/mol. The van der Waals surface area contributed by atoms with Crippen LogP contribution in [0.5, 0.6) is 5.75 Å². The number of benzene rings is 3. The predicted molar refractivity (Wildman–Crippen MR) is 120 cm³/mol. The second-order valence-corrected chi connectivity index (χ2v) is 8.98. The van der Waals surface area contributed by atoms with Crippen molar-refractivity contribution in [2.75, 3.05) is 5.32 Å². The normalized spacial score (nSPS) is 11.2. The van der Waals surface area contributed by atoms with Crippen LogP contribution in [0.4, 0.5) is 16.2 Å². The molecule has 2 amide bonds. The van der Waals surface area contributed by atoms with Gasteiger partial charge in [-0.15, -0.1) is 0 Å². The first-order chi connectivity index (χ1) is 14.8. The van der Waals surface area contributed by atoms with Gasteiger partial charge in [-0.05, 0) is 49.7 Å². The fourth-order valence-corrected chi connectivity index (χ4v) is 4.04. The first-order valence-electron chi connectivity index (χ1n) is 9.88. The summed E-state index contributed by atoms with van der Waals surface area (Å²) in [6.07, 6.45) is -0.0735. The summed E-state index contributed by atoms with van der Waals surface area (Å²) < 4.78 is 32.5. The number of quaternary nitrogens is 1. The average Bonchev–Trinajstić information content (AvgIpc) is 2.74. The second kappa shape index (κ2) is 10.1. The van der Waals surface area contributed by atoms with E-state index in [4.69, 9.17) is 4.74 Å². The molecule has 0 fully saturated rings. The maximum absolute atomic E-state index is 12.8. The number of ether oxygens (including phenoxy) is 1. The van der Waals surface area contributed by atoms with Gasteiger partial charge in [0.1, 0.15) is 4.90 Å². The summed E-state index contributed by atoms with van der Waals surface area (Å²) in [6.45, 7) is 4.16. The van der Waals surface area contributed by atoms with Gasteiger partial charge in [-0.25, -0.2) is 9.52 Å². The Morgan fingerprint density at radius 1 is 0.935 bits per heavy atom. The van der Waals surface area contributed by atoms with E-state index in [9.17, 15) is 13.2 Å². The molecule has 0 aliphatic carbocycles. The van der Waals surface area contributed by atoms with E-state index in [1.807, 2.05) is 44.2 Å². The lowest BCUT2D eigenvalue weighted by Gasteiger charge is -2.12. The highest BCUT2D eigenvalue weighted by Gasteiger charge is 2.22. The molecule has 0 radical (unpaired) electrons. The lowest BCUT2D eigenvalue weighted by atomic mass is 10.2. The van der Waals surface area contributed by atoms with Crippen LogP contribution in [0, 0.1) is 0 Å². The van der Waals surface area contributed by atoms with Crippen molar-refractivity contribution >= 4 is 27.4 Å². The molecule has 8 heteroatoms. The van der Waals surface area contributed by atoms with Crippen molar-refractivity contribution in [3.8, 4) is 5.75 Å². The van der Waals surface area contributed by atoms with Gasteiger partial charge in [0, 0.05) is 18.3 Å². The number of carbonyl (C=O) groups excluding carboxylic acids is 1. The fraction of sp³-hybridized carbons (Fsp3) is 0.174. The van der Waals surface area contributed by atoms with Crippen LogP contribution >= 0.6 is 0 Å². The highest BCUT2D eigenvalue weighted by Crippen LogP contribution is 2.21. The van der Waals surface area contributed by atoms with Crippen LogP contribution in [0.25, 0.3) is 0 Å². The Hall–Kier alpha value is -3.36. The van der Waals surface area contributed by atoms with Crippen LogP contribution in [-0.4, -0.2) is 20.6 Å². The van der Waals surface area contributed by atoms with Gasteiger partial charge in [-0.1, -0.05) is 42.5 Å². The predicted octanol–water partition coefficient (Wildman–Crippen LogP) is 3.38. The van der Waals surface area contributed by atoms with E-state index in [2.05, 4.69) is 10.6 Å². The molecule has 0 saturated heterocycles. The number of para-hydroxylation sites is 1. The van der Waals surface area contributed by atoms with Crippen molar-refractivity contribution in [1.29, 1.82) is 0 Å². The molecule has 31 heavy (non-hydrogen) atoms. The third-order valence-corrected chi connectivity index (χ3v) is 5.79. The minimum absolute atomic E-state index is 0.0735. The fourth-order valence-electron chi connectivity index (χ4n) is 2.86. The summed E-state index contributed by atoms with van der Waals surface area (Å²) in [5.74, 6) is 0.509. The molecule has 0 aromatic heterocycles. The third kappa shape index (κ3) is 6.56. The topological polar surface area (TPSA) is 101 Å². The number of nitrogens with one attached hydrogen (secondary N) is 2. The zero-order chi connectivity index (χ0) is 22.3. The minimum atomic E-state index is -3.70. The van der Waals surface area contributed by atoms with E-state index in [-0.39, 0.29) is 17.0 Å². The Kier molecular flexibility index (Phi) is 7.28. The number of nitrogens with two attached hydrogens (primary N) is 1. The van der Waals surface area contributed by atoms with Gasteiger partial charge < -0.3 is 15.4 Å². The van der Waals surface area contributed by atoms with Crippen molar-refractivity contribution in [3.05, 3.63) is 84.4 Å². The molecule has 0 aliphatic heterocycles. The molecule has 0 spiro atoms. The van der Waals surface area contributed by atoms with Crippen LogP contribution in [0.1, 0.15) is 19.4 Å². The summed E-state index contributed by atoms with van der Waals surface area (Å²) in [7, 11) is -3.70. The Morgan fingerprint density at radius 3 is 2.26 bits per heavy atom. The largest absolute Gasteiger partial charge is 0.485 e. The molecule has 3 aromatic carbocycles. The number of hydrogen-bond acceptors (Lipinski definition) is 4. The number of hydrogen-bond donors (Lipinski definition) is 3. The molecule has 0 atom stereocenters. The van der Waals surface area contributed by atoms with Gasteiger partial charge in [0.15, 0.2) is 11.4 Å². The molecule has 0 unspecified atom stereocenters. The monoisotopic (exact) mass is 440 g/mol. The molecule has 0 saturated carbocycles. The van der Waals surface area contributed by atoms with Crippen LogP contribution in [-0.2, 0) is 16.6 Å². The molecule has 162 valence electrons. The molecule has 0 heterocycles. The first kappa shape index (κ1) is 22.3. The lowest BCUT2D eigenvalue weighted by molar-refractivity contribution is -0.398. The van der Waals surface area contributed by atoms with Crippen LogP contribution in [0.15, 0.2) is 83.8 Å². The Morgan fingerprint density at radius 2 is 1.58 bits per heavy atom. The summed E-state index contributed by atoms with van der Waals surface area (Å²) in [5.41, 5.74) is 1.96. The van der Waals surface area contributed by atoms with Gasteiger partial charge in [0.05, 0.1) is 6.10 Å². The Balaban J connectivity index is 1.63. The smallest absolute Gasteiger partial charge is 0.328 e. The number of primary sulfonamides is 1. The number of urea groups is 1. The summed E-state index contributed by atoms with van der Waals surface area (Å²) in [4.78, 5) is 12.2. The zero-order valence-electron chi connectivity index (χ0n) is 17.4. The van der Waals surface area contributed by atoms with Crippen molar-refractivity contribution in [1.82, 2.24) is 5.32 Å².